The van der Waals surface area contributed by atoms with Crippen LogP contribution in [0, 0.1) is 11.6 Å². The average molecular weight is 230 g/mol. The van der Waals surface area contributed by atoms with Gasteiger partial charge in [-0.05, 0) is 6.07 Å². The molecule has 0 aromatic heterocycles. The Morgan fingerprint density at radius 2 is 2.19 bits per heavy atom. The Bertz CT molecular complexity index is 385. The van der Waals surface area contributed by atoms with Crippen molar-refractivity contribution >= 4 is 5.91 Å². The van der Waals surface area contributed by atoms with E-state index >= 15 is 0 Å². The van der Waals surface area contributed by atoms with Gasteiger partial charge in [0.1, 0.15) is 11.6 Å². The summed E-state index contributed by atoms with van der Waals surface area (Å²) >= 11 is 0. The molecular formula is C10H12F2N2O2. The third-order valence-corrected chi connectivity index (χ3v) is 1.96. The van der Waals surface area contributed by atoms with Crippen LogP contribution in [0.15, 0.2) is 18.2 Å². The van der Waals surface area contributed by atoms with Crippen LogP contribution in [0.2, 0.25) is 0 Å². The zero-order valence-electron chi connectivity index (χ0n) is 8.41. The Morgan fingerprint density at radius 1 is 1.50 bits per heavy atom. The molecule has 1 atom stereocenters. The fourth-order valence-corrected chi connectivity index (χ4v) is 1.21. The number of rotatable bonds is 5. The molecule has 88 valence electrons. The number of carbonyl (C=O) groups excluding carboxylic acids is 1. The van der Waals surface area contributed by atoms with Crippen LogP contribution in [0.5, 0.6) is 0 Å². The number of aliphatic hydroxyl groups is 1. The first-order valence-corrected chi connectivity index (χ1v) is 4.62. The number of hydrogen-bond donors (Lipinski definition) is 3. The molecule has 1 rings (SSSR count). The minimum absolute atomic E-state index is 0.0293. The number of aliphatic hydroxyl groups excluding tert-OH is 1. The van der Waals surface area contributed by atoms with Crippen molar-refractivity contribution in [2.24, 2.45) is 5.73 Å². The summed E-state index contributed by atoms with van der Waals surface area (Å²) in [6.07, 6.45) is -1.15. The van der Waals surface area contributed by atoms with Gasteiger partial charge in [-0.2, -0.15) is 0 Å². The lowest BCUT2D eigenvalue weighted by Crippen LogP contribution is -2.31. The Morgan fingerprint density at radius 3 is 2.75 bits per heavy atom. The number of primary amides is 1. The minimum atomic E-state index is -1.15. The predicted octanol–water partition coefficient (Wildman–Crippen LogP) is 0.0731. The SMILES string of the molecule is NC(=O)CNCC(O)c1ccc(F)cc1F. The van der Waals surface area contributed by atoms with E-state index < -0.39 is 23.6 Å². The summed E-state index contributed by atoms with van der Waals surface area (Å²) in [6, 6.07) is 2.89. The molecule has 0 aliphatic carbocycles. The van der Waals surface area contributed by atoms with Gasteiger partial charge in [-0.25, -0.2) is 8.78 Å². The third-order valence-electron chi connectivity index (χ3n) is 1.96. The number of carbonyl (C=O) groups is 1. The van der Waals surface area contributed by atoms with Crippen molar-refractivity contribution < 1.29 is 18.7 Å². The lowest BCUT2D eigenvalue weighted by atomic mass is 10.1. The van der Waals surface area contributed by atoms with Gasteiger partial charge in [0.2, 0.25) is 5.91 Å². The van der Waals surface area contributed by atoms with Gasteiger partial charge in [0, 0.05) is 18.2 Å². The summed E-state index contributed by atoms with van der Waals surface area (Å²) in [5.41, 5.74) is 4.83. The highest BCUT2D eigenvalue weighted by atomic mass is 19.1. The predicted molar refractivity (Wildman–Crippen MR) is 53.4 cm³/mol. The maximum absolute atomic E-state index is 13.2. The van der Waals surface area contributed by atoms with Gasteiger partial charge >= 0.3 is 0 Å². The van der Waals surface area contributed by atoms with Crippen LogP contribution in [0.25, 0.3) is 0 Å². The summed E-state index contributed by atoms with van der Waals surface area (Å²) in [5, 5.41) is 12.1. The second-order valence-corrected chi connectivity index (χ2v) is 3.28. The van der Waals surface area contributed by atoms with E-state index in [0.717, 1.165) is 12.1 Å². The molecule has 0 heterocycles. The number of hydrogen-bond acceptors (Lipinski definition) is 3. The standard InChI is InChI=1S/C10H12F2N2O2/c11-6-1-2-7(8(12)3-6)9(15)4-14-5-10(13)16/h1-3,9,14-15H,4-5H2,(H2,13,16). The summed E-state index contributed by atoms with van der Waals surface area (Å²) in [6.45, 7) is -0.147. The van der Waals surface area contributed by atoms with Crippen LogP contribution in [-0.4, -0.2) is 24.1 Å². The first-order chi connectivity index (χ1) is 7.50. The summed E-state index contributed by atoms with van der Waals surface area (Å²) < 4.78 is 25.7. The minimum Gasteiger partial charge on any atom is -0.387 e. The fraction of sp³-hybridized carbons (Fsp3) is 0.300. The van der Waals surface area contributed by atoms with Gasteiger partial charge < -0.3 is 16.2 Å². The molecule has 1 aromatic carbocycles. The molecule has 6 heteroatoms. The number of nitrogens with two attached hydrogens (primary N) is 1. The molecule has 0 fully saturated rings. The van der Waals surface area contributed by atoms with Crippen molar-refractivity contribution in [1.82, 2.24) is 5.32 Å². The molecular weight excluding hydrogens is 218 g/mol. The molecule has 4 N–H and O–H groups in total. The van der Waals surface area contributed by atoms with E-state index in [9.17, 15) is 18.7 Å². The molecule has 0 aliphatic rings. The van der Waals surface area contributed by atoms with E-state index in [1.54, 1.807) is 0 Å². The highest BCUT2D eigenvalue weighted by molar-refractivity contribution is 5.75. The molecule has 4 nitrogen and oxygen atoms in total. The smallest absolute Gasteiger partial charge is 0.231 e. The van der Waals surface area contributed by atoms with Gasteiger partial charge in [-0.15, -0.1) is 0 Å². The summed E-state index contributed by atoms with van der Waals surface area (Å²) in [5.74, 6) is -2.11. The van der Waals surface area contributed by atoms with Crippen molar-refractivity contribution in [3.63, 3.8) is 0 Å². The van der Waals surface area contributed by atoms with E-state index in [2.05, 4.69) is 5.32 Å². The van der Waals surface area contributed by atoms with Crippen LogP contribution in [0.3, 0.4) is 0 Å². The van der Waals surface area contributed by atoms with Crippen LogP contribution in [0.4, 0.5) is 8.78 Å². The fourth-order valence-electron chi connectivity index (χ4n) is 1.21. The lowest BCUT2D eigenvalue weighted by molar-refractivity contribution is -0.117. The number of halogens is 2. The van der Waals surface area contributed by atoms with Crippen molar-refractivity contribution in [1.29, 1.82) is 0 Å². The summed E-state index contributed by atoms with van der Waals surface area (Å²) in [7, 11) is 0. The summed E-state index contributed by atoms with van der Waals surface area (Å²) in [4.78, 5) is 10.4. The van der Waals surface area contributed by atoms with Gasteiger partial charge in [0.25, 0.3) is 0 Å². The first-order valence-electron chi connectivity index (χ1n) is 4.62. The zero-order chi connectivity index (χ0) is 12.1. The highest BCUT2D eigenvalue weighted by Crippen LogP contribution is 2.17. The molecule has 0 radical (unpaired) electrons. The van der Waals surface area contributed by atoms with Gasteiger partial charge in [0.05, 0.1) is 12.6 Å². The molecule has 0 spiro atoms. The Labute approximate surface area is 91.1 Å². The quantitative estimate of drug-likeness (QED) is 0.670. The third kappa shape index (κ3) is 3.56. The Hall–Kier alpha value is -1.53. The molecule has 0 aliphatic heterocycles. The molecule has 0 bridgehead atoms. The number of nitrogens with one attached hydrogen (secondary N) is 1. The van der Waals surface area contributed by atoms with Crippen molar-refractivity contribution in [3.8, 4) is 0 Å². The molecule has 1 amide bonds. The second-order valence-electron chi connectivity index (χ2n) is 3.28. The van der Waals surface area contributed by atoms with E-state index in [1.807, 2.05) is 0 Å². The molecule has 16 heavy (non-hydrogen) atoms. The maximum atomic E-state index is 13.2. The number of benzene rings is 1. The normalized spacial score (nSPS) is 12.4. The Balaban J connectivity index is 2.58. The largest absolute Gasteiger partial charge is 0.387 e. The molecule has 0 saturated heterocycles. The van der Waals surface area contributed by atoms with Crippen LogP contribution in [-0.2, 0) is 4.79 Å². The highest BCUT2D eigenvalue weighted by Gasteiger charge is 2.13. The van der Waals surface area contributed by atoms with E-state index in [0.29, 0.717) is 6.07 Å². The topological polar surface area (TPSA) is 75.4 Å². The monoisotopic (exact) mass is 230 g/mol. The molecule has 1 unspecified atom stereocenters. The van der Waals surface area contributed by atoms with Crippen LogP contribution < -0.4 is 11.1 Å². The van der Waals surface area contributed by atoms with Gasteiger partial charge in [-0.3, -0.25) is 4.79 Å². The van der Waals surface area contributed by atoms with E-state index in [4.69, 9.17) is 5.73 Å². The number of amides is 1. The molecule has 0 saturated carbocycles. The van der Waals surface area contributed by atoms with Crippen molar-refractivity contribution in [2.75, 3.05) is 13.1 Å². The zero-order valence-corrected chi connectivity index (χ0v) is 8.41. The Kier molecular flexibility index (Phi) is 4.33. The second kappa shape index (κ2) is 5.53. The van der Waals surface area contributed by atoms with Crippen LogP contribution in [0.1, 0.15) is 11.7 Å². The van der Waals surface area contributed by atoms with Crippen LogP contribution >= 0.6 is 0 Å². The van der Waals surface area contributed by atoms with E-state index in [-0.39, 0.29) is 18.7 Å². The van der Waals surface area contributed by atoms with Crippen molar-refractivity contribution in [3.05, 3.63) is 35.4 Å². The van der Waals surface area contributed by atoms with E-state index in [1.165, 1.54) is 0 Å². The average Bonchev–Trinajstić information content (AvgIpc) is 2.16. The van der Waals surface area contributed by atoms with Gasteiger partial charge in [0.15, 0.2) is 0 Å². The maximum Gasteiger partial charge on any atom is 0.231 e. The lowest BCUT2D eigenvalue weighted by Gasteiger charge is -2.12. The van der Waals surface area contributed by atoms with Gasteiger partial charge in [-0.1, -0.05) is 6.07 Å². The first kappa shape index (κ1) is 12.5. The van der Waals surface area contributed by atoms with Crippen molar-refractivity contribution in [2.45, 2.75) is 6.10 Å². The molecule has 1 aromatic rings.